The van der Waals surface area contributed by atoms with E-state index in [0.29, 0.717) is 54.1 Å². The summed E-state index contributed by atoms with van der Waals surface area (Å²) in [6, 6.07) is 13.2. The van der Waals surface area contributed by atoms with Crippen LogP contribution in [0.15, 0.2) is 69.1 Å². The van der Waals surface area contributed by atoms with Gasteiger partial charge in [-0.25, -0.2) is 9.36 Å². The van der Waals surface area contributed by atoms with Crippen LogP contribution in [0.5, 0.6) is 0 Å². The molecule has 2 aromatic carbocycles. The van der Waals surface area contributed by atoms with Crippen LogP contribution in [0.2, 0.25) is 20.1 Å². The number of benzene rings is 2. The summed E-state index contributed by atoms with van der Waals surface area (Å²) in [5.41, 5.74) is 7.51. The molecular weight excluding hydrogens is 842 g/mol. The van der Waals surface area contributed by atoms with Crippen molar-refractivity contribution in [2.45, 2.75) is 40.5 Å². The molecule has 0 atom stereocenters. The van der Waals surface area contributed by atoms with Crippen LogP contribution in [-0.2, 0) is 33.1 Å². The first-order chi connectivity index (χ1) is 25.2. The van der Waals surface area contributed by atoms with Crippen LogP contribution >= 0.6 is 69.1 Å². The second kappa shape index (κ2) is 13.8. The van der Waals surface area contributed by atoms with Crippen molar-refractivity contribution >= 4 is 101 Å². The SMILES string of the molecule is O=S(=O)(O)c1cc2c(s1)-c1c(c(/C=C/CCC/C=C/c3nn(-c4ccc(Cl)cc4Cl)c4c3Cc3cc(S(=O)(=O)O)sc3-4)nn1-c1ccc(Cl)cc1Cl)C2. The van der Waals surface area contributed by atoms with E-state index in [2.05, 4.69) is 0 Å². The molecule has 272 valence electrons. The van der Waals surface area contributed by atoms with Gasteiger partial charge in [-0.05, 0) is 91.1 Å². The second-order valence-corrected chi connectivity index (χ2v) is 19.4. The molecule has 10 nitrogen and oxygen atoms in total. The third-order valence-corrected chi connectivity index (χ3v) is 14.9. The quantitative estimate of drug-likeness (QED) is 0.102. The summed E-state index contributed by atoms with van der Waals surface area (Å²) in [4.78, 5) is 1.41. The highest BCUT2D eigenvalue weighted by Gasteiger charge is 2.34. The lowest BCUT2D eigenvalue weighted by Gasteiger charge is -2.08. The first-order valence-corrected chi connectivity index (χ1v) is 21.9. The van der Waals surface area contributed by atoms with Crippen molar-refractivity contribution in [2.75, 3.05) is 0 Å². The third-order valence-electron chi connectivity index (χ3n) is 8.84. The number of aromatic nitrogens is 4. The molecule has 6 aromatic rings. The maximum absolute atomic E-state index is 11.9. The Bertz CT molecular complexity index is 2590. The minimum atomic E-state index is -4.36. The lowest BCUT2D eigenvalue weighted by atomic mass is 10.1. The molecule has 2 aliphatic rings. The predicted octanol–water partition coefficient (Wildman–Crippen LogP) is 10.3. The largest absolute Gasteiger partial charge is 0.304 e. The molecule has 0 spiro atoms. The Morgan fingerprint density at radius 1 is 0.660 bits per heavy atom. The molecule has 0 unspecified atom stereocenters. The molecule has 2 aliphatic carbocycles. The van der Waals surface area contributed by atoms with E-state index >= 15 is 0 Å². The van der Waals surface area contributed by atoms with E-state index in [0.717, 1.165) is 87.0 Å². The number of nitrogens with zero attached hydrogens (tertiary/aromatic N) is 4. The van der Waals surface area contributed by atoms with Crippen molar-refractivity contribution in [1.82, 2.24) is 19.6 Å². The van der Waals surface area contributed by atoms with Crippen LogP contribution in [0.4, 0.5) is 0 Å². The van der Waals surface area contributed by atoms with Crippen LogP contribution < -0.4 is 0 Å². The van der Waals surface area contributed by atoms with Crippen molar-refractivity contribution in [2.24, 2.45) is 0 Å². The Labute approximate surface area is 332 Å². The summed E-state index contributed by atoms with van der Waals surface area (Å²) in [6.07, 6.45) is 11.2. The molecular formula is C35H24Cl4N4O6S4. The van der Waals surface area contributed by atoms with Gasteiger partial charge in [0, 0.05) is 34.0 Å². The summed E-state index contributed by atoms with van der Waals surface area (Å²) >= 11 is 27.4. The van der Waals surface area contributed by atoms with Gasteiger partial charge in [0.25, 0.3) is 0 Å². The number of halogens is 4. The Kier molecular flexibility index (Phi) is 9.54. The molecule has 0 radical (unpaired) electrons. The van der Waals surface area contributed by atoms with Crippen molar-refractivity contribution in [3.8, 4) is 32.5 Å². The normalized spacial score (nSPS) is 13.7. The smallest absolute Gasteiger partial charge is 0.281 e. The number of hydrogen-bond acceptors (Lipinski definition) is 8. The van der Waals surface area contributed by atoms with Gasteiger partial charge in [0.1, 0.15) is 8.42 Å². The first-order valence-electron chi connectivity index (χ1n) is 15.9. The van der Waals surface area contributed by atoms with Crippen molar-refractivity contribution in [3.05, 3.63) is 114 Å². The van der Waals surface area contributed by atoms with E-state index in [1.54, 1.807) is 45.8 Å². The van der Waals surface area contributed by atoms with Crippen LogP contribution in [0.25, 0.3) is 44.7 Å². The van der Waals surface area contributed by atoms with Gasteiger partial charge in [-0.2, -0.15) is 27.0 Å². The molecule has 0 fully saturated rings. The van der Waals surface area contributed by atoms with Gasteiger partial charge in [0.2, 0.25) is 0 Å². The fourth-order valence-electron chi connectivity index (χ4n) is 6.52. The lowest BCUT2D eigenvalue weighted by Crippen LogP contribution is -1.99. The molecule has 4 heterocycles. The highest BCUT2D eigenvalue weighted by molar-refractivity contribution is 7.88. The number of allylic oxidation sites excluding steroid dienone is 2. The number of hydrogen-bond donors (Lipinski definition) is 2. The standard InChI is InChI=1S/C35H24Cl4N4O6S4/c36-20-8-10-28(24(38)16-20)42-32-22(12-18-14-30(50-34(18)32)52(44,45)46)26(40-42)6-4-2-1-3-5-7-27-23-13-19-15-31(53(47,48)49)51-35(19)33(23)43(41-27)29-11-9-21(37)17-25(29)39/h4-11,14-17H,1-3,12-13H2,(H,44,45,46)(H,47,48,49)/b6-4+,7-5+. The van der Waals surface area contributed by atoms with Gasteiger partial charge >= 0.3 is 20.2 Å². The van der Waals surface area contributed by atoms with E-state index < -0.39 is 20.2 Å². The van der Waals surface area contributed by atoms with E-state index in [-0.39, 0.29) is 8.42 Å². The minimum Gasteiger partial charge on any atom is -0.281 e. The number of rotatable bonds is 10. The van der Waals surface area contributed by atoms with Gasteiger partial charge in [-0.1, -0.05) is 58.6 Å². The van der Waals surface area contributed by atoms with E-state index in [9.17, 15) is 25.9 Å². The zero-order chi connectivity index (χ0) is 37.4. The molecule has 2 N–H and O–H groups in total. The van der Waals surface area contributed by atoms with Crippen LogP contribution in [-0.4, -0.2) is 45.5 Å². The summed E-state index contributed by atoms with van der Waals surface area (Å²) in [7, 11) is -8.72. The predicted molar refractivity (Wildman–Crippen MR) is 211 cm³/mol. The van der Waals surface area contributed by atoms with E-state index in [1.807, 2.05) is 24.3 Å². The van der Waals surface area contributed by atoms with Gasteiger partial charge < -0.3 is 0 Å². The Morgan fingerprint density at radius 2 is 1.08 bits per heavy atom. The third kappa shape index (κ3) is 6.84. The number of thiophene rings is 2. The fourth-order valence-corrected chi connectivity index (χ4v) is 11.4. The van der Waals surface area contributed by atoms with Crippen molar-refractivity contribution in [1.29, 1.82) is 0 Å². The van der Waals surface area contributed by atoms with Gasteiger partial charge in [-0.3, -0.25) is 9.11 Å². The highest BCUT2D eigenvalue weighted by atomic mass is 35.5. The molecule has 18 heteroatoms. The average Bonchev–Trinajstić information content (AvgIpc) is 3.89. The van der Waals surface area contributed by atoms with Crippen LogP contribution in [0.1, 0.15) is 52.9 Å². The molecule has 0 aliphatic heterocycles. The molecule has 53 heavy (non-hydrogen) atoms. The first kappa shape index (κ1) is 36.7. The summed E-state index contributed by atoms with van der Waals surface area (Å²) in [5.74, 6) is 0. The maximum Gasteiger partial charge on any atom is 0.304 e. The topological polar surface area (TPSA) is 144 Å². The maximum atomic E-state index is 11.9. The van der Waals surface area contributed by atoms with Crippen LogP contribution in [0.3, 0.4) is 0 Å². The Hall–Kier alpha value is -3.28. The number of fused-ring (bicyclic) bond motifs is 6. The summed E-state index contributed by atoms with van der Waals surface area (Å²) < 4.78 is 70.1. The average molecular weight is 867 g/mol. The van der Waals surface area contributed by atoms with E-state index in [1.165, 1.54) is 12.1 Å². The summed E-state index contributed by atoms with van der Waals surface area (Å²) in [6.45, 7) is 0. The van der Waals surface area contributed by atoms with E-state index in [4.69, 9.17) is 56.6 Å². The zero-order valence-electron chi connectivity index (χ0n) is 26.9. The molecule has 4 aromatic heterocycles. The fraction of sp³-hybridized carbons (Fsp3) is 0.143. The highest BCUT2D eigenvalue weighted by Crippen LogP contribution is 2.48. The van der Waals surface area contributed by atoms with Crippen LogP contribution in [0, 0.1) is 0 Å². The molecule has 0 saturated heterocycles. The van der Waals surface area contributed by atoms with Gasteiger partial charge in [0.05, 0.1) is 54.0 Å². The van der Waals surface area contributed by atoms with Gasteiger partial charge in [0.15, 0.2) is 0 Å². The Balaban J connectivity index is 1.02. The summed E-state index contributed by atoms with van der Waals surface area (Å²) in [5, 5.41) is 11.4. The van der Waals surface area contributed by atoms with Gasteiger partial charge in [-0.15, -0.1) is 22.7 Å². The Morgan fingerprint density at radius 3 is 1.45 bits per heavy atom. The minimum absolute atomic E-state index is 0.124. The monoisotopic (exact) mass is 864 g/mol. The molecule has 0 bridgehead atoms. The molecule has 0 saturated carbocycles. The van der Waals surface area contributed by atoms with Crippen molar-refractivity contribution < 1.29 is 25.9 Å². The molecule has 8 rings (SSSR count). The van der Waals surface area contributed by atoms with Crippen molar-refractivity contribution in [3.63, 3.8) is 0 Å². The molecule has 0 amide bonds. The number of unbranched alkanes of at least 4 members (excludes halogenated alkanes) is 2. The lowest BCUT2D eigenvalue weighted by molar-refractivity contribution is 0.483. The zero-order valence-corrected chi connectivity index (χ0v) is 33.2. The second-order valence-electron chi connectivity index (χ2n) is 12.3.